The Bertz CT molecular complexity index is 1350. The molecule has 2 fully saturated rings. The summed E-state index contributed by atoms with van der Waals surface area (Å²) >= 11 is 0. The molecule has 0 spiro atoms. The van der Waals surface area contributed by atoms with Crippen LogP contribution in [0.3, 0.4) is 0 Å². The average Bonchev–Trinajstić information content (AvgIpc) is 3.30. The van der Waals surface area contributed by atoms with Gasteiger partial charge in [0.25, 0.3) is 0 Å². The highest BCUT2D eigenvalue weighted by atomic mass is 32.2. The minimum Gasteiger partial charge on any atom is -0.748 e. The Balaban J connectivity index is 0.000000237. The van der Waals surface area contributed by atoms with E-state index in [1.165, 1.54) is 14.7 Å². The molecule has 232 valence electrons. The summed E-state index contributed by atoms with van der Waals surface area (Å²) in [6.45, 7) is 11.8. The van der Waals surface area contributed by atoms with Crippen molar-refractivity contribution in [3.8, 4) is 17.2 Å². The van der Waals surface area contributed by atoms with E-state index in [0.717, 1.165) is 23.7 Å². The highest BCUT2D eigenvalue weighted by Crippen LogP contribution is 2.64. The number of benzene rings is 3. The summed E-state index contributed by atoms with van der Waals surface area (Å²) in [6, 6.07) is 25.2. The molecule has 2 bridgehead atoms. The van der Waals surface area contributed by atoms with Crippen LogP contribution >= 0.6 is 0 Å². The van der Waals surface area contributed by atoms with Gasteiger partial charge >= 0.3 is 0 Å². The van der Waals surface area contributed by atoms with Crippen LogP contribution in [0.5, 0.6) is 17.2 Å². The van der Waals surface area contributed by atoms with Crippen LogP contribution in [-0.4, -0.2) is 44.3 Å². The van der Waals surface area contributed by atoms with E-state index < -0.39 is 21.3 Å². The van der Waals surface area contributed by atoms with Gasteiger partial charge in [-0.05, 0) is 118 Å². The lowest BCUT2D eigenvalue weighted by Crippen LogP contribution is -2.42. The Morgan fingerprint density at radius 2 is 1.12 bits per heavy atom. The van der Waals surface area contributed by atoms with Crippen LogP contribution in [0.1, 0.15) is 53.9 Å². The average molecular weight is 627 g/mol. The molecule has 7 nitrogen and oxygen atoms in total. The van der Waals surface area contributed by atoms with Gasteiger partial charge in [-0.25, -0.2) is 8.42 Å². The monoisotopic (exact) mass is 626 g/mol. The van der Waals surface area contributed by atoms with E-state index in [-0.39, 0.29) is 28.0 Å². The van der Waals surface area contributed by atoms with Crippen molar-refractivity contribution < 1.29 is 32.0 Å². The van der Waals surface area contributed by atoms with E-state index in [1.54, 1.807) is 0 Å². The van der Waals surface area contributed by atoms with Gasteiger partial charge in [0.05, 0.1) is 46.6 Å². The molecule has 0 aliphatic heterocycles. The van der Waals surface area contributed by atoms with Crippen molar-refractivity contribution >= 4 is 26.8 Å². The van der Waals surface area contributed by atoms with Crippen molar-refractivity contribution in [2.45, 2.75) is 68.6 Å². The van der Waals surface area contributed by atoms with E-state index in [9.17, 15) is 17.8 Å². The van der Waals surface area contributed by atoms with E-state index >= 15 is 0 Å². The molecular weight excluding hydrogens is 585 g/mol. The van der Waals surface area contributed by atoms with Crippen LogP contribution < -0.4 is 14.2 Å². The van der Waals surface area contributed by atoms with Crippen molar-refractivity contribution in [2.75, 3.05) is 25.6 Å². The summed E-state index contributed by atoms with van der Waals surface area (Å²) in [6.07, 6.45) is 1.88. The number of hydrogen-bond donors (Lipinski definition) is 0. The van der Waals surface area contributed by atoms with Crippen molar-refractivity contribution in [1.29, 1.82) is 0 Å². The van der Waals surface area contributed by atoms with E-state index in [2.05, 4.69) is 36.4 Å². The molecule has 43 heavy (non-hydrogen) atoms. The third-order valence-corrected chi connectivity index (χ3v) is 11.8. The van der Waals surface area contributed by atoms with Crippen LogP contribution in [0.25, 0.3) is 0 Å². The van der Waals surface area contributed by atoms with Crippen molar-refractivity contribution in [1.82, 2.24) is 0 Å². The van der Waals surface area contributed by atoms with Crippen molar-refractivity contribution in [2.24, 2.45) is 16.7 Å². The number of carbonyl (C=O) groups is 1. The lowest BCUT2D eigenvalue weighted by Gasteiger charge is -2.37. The van der Waals surface area contributed by atoms with Crippen LogP contribution in [-0.2, 0) is 25.8 Å². The third-order valence-electron chi connectivity index (χ3n) is 8.67. The standard InChI is InChI=1S/C24H27O3S.C10H16O4S/c1-4-25-19-7-13-22(14-8-19)28(23-15-9-20(10-16-23)26-5-2)24-17-11-21(12-18-24)27-6-3;1-9(2)7-3-4-10(9,8(11)5-7)6-15(12,13)14/h7-18H,4-6H2,1-3H3;7H,3-6H2,1-2H3,(H,12,13,14)/q+1;/p-1. The Morgan fingerprint density at radius 1 is 0.744 bits per heavy atom. The molecule has 0 amide bonds. The molecule has 2 unspecified atom stereocenters. The van der Waals surface area contributed by atoms with Crippen LogP contribution in [0.4, 0.5) is 0 Å². The summed E-state index contributed by atoms with van der Waals surface area (Å²) in [5.74, 6) is 2.41. The fourth-order valence-electron chi connectivity index (χ4n) is 6.33. The minimum atomic E-state index is -4.33. The molecule has 0 saturated heterocycles. The first-order valence-corrected chi connectivity index (χ1v) is 17.6. The molecule has 0 radical (unpaired) electrons. The van der Waals surface area contributed by atoms with Gasteiger partial charge < -0.3 is 18.8 Å². The zero-order chi connectivity index (χ0) is 31.3. The number of ether oxygens (including phenoxy) is 3. The highest BCUT2D eigenvalue weighted by molar-refractivity contribution is 7.97. The molecule has 5 rings (SSSR count). The molecule has 3 aromatic carbocycles. The Labute approximate surface area is 259 Å². The molecule has 9 heteroatoms. The highest BCUT2D eigenvalue weighted by Gasteiger charge is 2.64. The predicted molar refractivity (Wildman–Crippen MR) is 168 cm³/mol. The lowest BCUT2D eigenvalue weighted by molar-refractivity contribution is -0.128. The maximum atomic E-state index is 11.8. The fourth-order valence-corrected chi connectivity index (χ4v) is 9.66. The van der Waals surface area contributed by atoms with Gasteiger partial charge in [-0.3, -0.25) is 4.79 Å². The third kappa shape index (κ3) is 7.39. The van der Waals surface area contributed by atoms with E-state index in [0.29, 0.717) is 32.7 Å². The fraction of sp³-hybridized carbons (Fsp3) is 0.441. The lowest BCUT2D eigenvalue weighted by atomic mass is 9.70. The van der Waals surface area contributed by atoms with Crippen molar-refractivity contribution in [3.05, 3.63) is 72.8 Å². The Hall–Kier alpha value is -3.01. The second-order valence-corrected chi connectivity index (χ2v) is 14.8. The topological polar surface area (TPSA) is 102 Å². The second kappa shape index (κ2) is 13.7. The Kier molecular flexibility index (Phi) is 10.5. The summed E-state index contributed by atoms with van der Waals surface area (Å²) in [5, 5.41) is 0. The van der Waals surface area contributed by atoms with E-state index in [1.807, 2.05) is 71.0 Å². The summed E-state index contributed by atoms with van der Waals surface area (Å²) in [7, 11) is -4.54. The molecule has 0 heterocycles. The molecule has 2 aliphatic carbocycles. The maximum absolute atomic E-state index is 11.8. The molecule has 3 aromatic rings. The quantitative estimate of drug-likeness (QED) is 0.168. The van der Waals surface area contributed by atoms with Gasteiger partial charge in [0.2, 0.25) is 0 Å². The molecule has 2 atom stereocenters. The Morgan fingerprint density at radius 3 is 1.37 bits per heavy atom. The number of carbonyl (C=O) groups excluding carboxylic acids is 1. The number of ketones is 1. The van der Waals surface area contributed by atoms with Gasteiger partial charge in [-0.2, -0.15) is 0 Å². The normalized spacial score (nSPS) is 20.4. The largest absolute Gasteiger partial charge is 0.748 e. The van der Waals surface area contributed by atoms with Gasteiger partial charge in [0, 0.05) is 11.8 Å². The van der Waals surface area contributed by atoms with Crippen LogP contribution in [0.2, 0.25) is 0 Å². The zero-order valence-corrected chi connectivity index (χ0v) is 27.3. The second-order valence-electron chi connectivity index (χ2n) is 11.4. The number of rotatable bonds is 11. The first-order chi connectivity index (χ1) is 20.4. The summed E-state index contributed by atoms with van der Waals surface area (Å²) < 4.78 is 49.5. The van der Waals surface area contributed by atoms with Gasteiger partial charge in [-0.1, -0.05) is 13.8 Å². The minimum absolute atomic E-state index is 0.0248. The maximum Gasteiger partial charge on any atom is 0.166 e. The summed E-state index contributed by atoms with van der Waals surface area (Å²) in [4.78, 5) is 15.6. The summed E-state index contributed by atoms with van der Waals surface area (Å²) in [5.41, 5.74) is -1.22. The smallest absolute Gasteiger partial charge is 0.166 e. The number of hydrogen-bond acceptors (Lipinski definition) is 7. The number of fused-ring (bicyclic) bond motifs is 2. The zero-order valence-electron chi connectivity index (χ0n) is 25.6. The molecule has 2 aliphatic rings. The van der Waals surface area contributed by atoms with Gasteiger partial charge in [-0.15, -0.1) is 0 Å². The molecule has 0 aromatic heterocycles. The molecular formula is C34H42O7S2. The van der Waals surface area contributed by atoms with Crippen molar-refractivity contribution in [3.63, 3.8) is 0 Å². The van der Waals surface area contributed by atoms with Gasteiger partial charge in [0.15, 0.2) is 14.7 Å². The predicted octanol–water partition coefficient (Wildman–Crippen LogP) is 6.91. The van der Waals surface area contributed by atoms with Gasteiger partial charge in [0.1, 0.15) is 23.0 Å². The molecule has 2 saturated carbocycles. The van der Waals surface area contributed by atoms with E-state index in [4.69, 9.17) is 14.2 Å². The number of Topliss-reactive ketones (excluding diaryl/α,β-unsaturated/α-hetero) is 1. The SMILES string of the molecule is CC1(C)C2CCC1(CS(=O)(=O)[O-])C(=O)C2.CCOc1ccc([S+](c2ccc(OCC)cc2)c2ccc(OCC)cc2)cc1. The van der Waals surface area contributed by atoms with Crippen LogP contribution in [0.15, 0.2) is 87.5 Å². The first-order valence-electron chi connectivity index (χ1n) is 14.8. The molecule has 0 N–H and O–H groups in total. The van der Waals surface area contributed by atoms with Crippen LogP contribution in [0, 0.1) is 16.7 Å². The first kappa shape index (κ1) is 32.9.